The Bertz CT molecular complexity index is 2250. The van der Waals surface area contributed by atoms with Gasteiger partial charge in [-0.25, -0.2) is 0 Å². The molecule has 9 heteroatoms. The average Bonchev–Trinajstić information content (AvgIpc) is 3.43. The van der Waals surface area contributed by atoms with Crippen molar-refractivity contribution in [1.29, 1.82) is 0 Å². The third kappa shape index (κ3) is 10.2. The van der Waals surface area contributed by atoms with Crippen LogP contribution in [0.5, 0.6) is 0 Å². The molecule has 0 saturated carbocycles. The van der Waals surface area contributed by atoms with Crippen molar-refractivity contribution in [1.82, 2.24) is 9.97 Å². The van der Waals surface area contributed by atoms with Gasteiger partial charge in [-0.05, 0) is 88.0 Å². The summed E-state index contributed by atoms with van der Waals surface area (Å²) in [6.07, 6.45) is 2.33. The molecule has 0 amide bonds. The number of aryl methyl sites for hydroxylation is 2. The van der Waals surface area contributed by atoms with Crippen LogP contribution in [0, 0.1) is 26.0 Å². The van der Waals surface area contributed by atoms with Gasteiger partial charge >= 0.3 is 0 Å². The smallest absolute Gasteiger partial charge is 0.155 e. The third-order valence-electron chi connectivity index (χ3n) is 7.42. The van der Waals surface area contributed by atoms with Crippen molar-refractivity contribution in [2.24, 2.45) is 0 Å². The number of fused-ring (bicyclic) bond motifs is 5. The zero-order valence-electron chi connectivity index (χ0n) is 28.9. The summed E-state index contributed by atoms with van der Waals surface area (Å²) in [4.78, 5) is 29.9. The van der Waals surface area contributed by atoms with Crippen molar-refractivity contribution in [3.63, 3.8) is 0 Å². The molecule has 3 aromatic heterocycles. The molecule has 4 aromatic carbocycles. The van der Waals surface area contributed by atoms with Crippen LogP contribution in [-0.2, 0) is 51.7 Å². The number of aliphatic hydroxyl groups is 2. The Morgan fingerprint density at radius 2 is 1.00 bits per heavy atom. The van der Waals surface area contributed by atoms with E-state index in [0.29, 0.717) is 0 Å². The van der Waals surface area contributed by atoms with Crippen LogP contribution in [0.2, 0.25) is 0 Å². The molecule has 0 aliphatic rings. The largest absolute Gasteiger partial charge is 0.545 e. The van der Waals surface area contributed by atoms with Crippen LogP contribution in [0.25, 0.3) is 66.3 Å². The van der Waals surface area contributed by atoms with Crippen molar-refractivity contribution < 1.29 is 66.3 Å². The number of aromatic nitrogens is 2. The number of allylic oxidation sites excluding steroid dienone is 4. The maximum Gasteiger partial charge on any atom is 0.155 e. The zero-order chi connectivity index (χ0) is 35.2. The number of hydrogen-bond donors (Lipinski definition) is 2. The van der Waals surface area contributed by atoms with Gasteiger partial charge in [-0.1, -0.05) is 69.4 Å². The topological polar surface area (TPSA) is 114 Å². The number of furan rings is 1. The second kappa shape index (κ2) is 18.0. The van der Waals surface area contributed by atoms with Gasteiger partial charge in [-0.2, -0.15) is 0 Å². The summed E-state index contributed by atoms with van der Waals surface area (Å²) in [6.45, 7) is 9.88. The molecule has 0 unspecified atom stereocenters. The molecule has 7 rings (SSSR count). The van der Waals surface area contributed by atoms with Gasteiger partial charge in [0.1, 0.15) is 0 Å². The van der Waals surface area contributed by atoms with Gasteiger partial charge in [-0.3, -0.25) is 19.6 Å². The van der Waals surface area contributed by atoms with E-state index in [1.165, 1.54) is 51.0 Å². The summed E-state index contributed by atoms with van der Waals surface area (Å²) in [5.74, 6) is -0.125. The van der Waals surface area contributed by atoms with Crippen molar-refractivity contribution in [2.45, 2.75) is 41.5 Å². The van der Waals surface area contributed by atoms with Crippen LogP contribution < -0.4 is 0 Å². The molecule has 0 aliphatic carbocycles. The fraction of sp³-hybridized carbons (Fsp3) is 0.143. The van der Waals surface area contributed by atoms with E-state index in [4.69, 9.17) is 24.6 Å². The predicted octanol–water partition coefficient (Wildman–Crippen LogP) is 10.3. The van der Waals surface area contributed by atoms with Gasteiger partial charge in [0.2, 0.25) is 0 Å². The molecule has 7 nitrogen and oxygen atoms in total. The van der Waals surface area contributed by atoms with Gasteiger partial charge in [0.15, 0.2) is 11.6 Å². The molecule has 3 heterocycles. The van der Waals surface area contributed by atoms with Gasteiger partial charge in [0.25, 0.3) is 0 Å². The first-order chi connectivity index (χ1) is 23.4. The van der Waals surface area contributed by atoms with Crippen LogP contribution in [-0.4, -0.2) is 31.7 Å². The average molecular weight is 1040 g/mol. The van der Waals surface area contributed by atoms with Crippen molar-refractivity contribution in [3.8, 4) is 22.5 Å². The third-order valence-corrected chi connectivity index (χ3v) is 7.42. The summed E-state index contributed by atoms with van der Waals surface area (Å²) >= 11 is 0. The normalized spacial score (nSPS) is 11.2. The minimum atomic E-state index is -0.125. The monoisotopic (exact) mass is 1040 g/mol. The summed E-state index contributed by atoms with van der Waals surface area (Å²) in [6, 6.07) is 35.6. The number of benzene rings is 4. The second-order valence-corrected chi connectivity index (χ2v) is 11.9. The van der Waals surface area contributed by atoms with E-state index in [9.17, 15) is 9.59 Å². The SMILES string of the molecule is CC(=O)/C=C(/C)O.CC(=O)/C=C(/C)O.Cc1ccc2nc(-c3[c-]ccc4c3oc3c(-c5ccc6cc(C)ccc6n5)[c-]ccc34)ccc2c1.[Pt].[Pt]. The minimum absolute atomic E-state index is 0. The first-order valence-corrected chi connectivity index (χ1v) is 15.7. The molecule has 0 atom stereocenters. The number of ketones is 2. The number of carbonyl (C=O) groups is 2. The first kappa shape index (κ1) is 40.7. The van der Waals surface area contributed by atoms with E-state index in [0.717, 1.165) is 66.3 Å². The second-order valence-electron chi connectivity index (χ2n) is 11.9. The number of carbonyl (C=O) groups excluding carboxylic acids is 2. The Labute approximate surface area is 325 Å². The van der Waals surface area contributed by atoms with Crippen molar-refractivity contribution >= 4 is 55.3 Å². The molecular weight excluding hydrogens is 1000 g/mol. The summed E-state index contributed by atoms with van der Waals surface area (Å²) in [5, 5.41) is 21.0. The first-order valence-electron chi connectivity index (χ1n) is 15.7. The zero-order valence-corrected chi connectivity index (χ0v) is 33.4. The van der Waals surface area contributed by atoms with Crippen LogP contribution in [0.3, 0.4) is 0 Å². The Morgan fingerprint density at radius 3 is 1.33 bits per heavy atom. The van der Waals surface area contributed by atoms with Gasteiger partial charge < -0.3 is 14.6 Å². The molecule has 266 valence electrons. The van der Waals surface area contributed by atoms with E-state index >= 15 is 0 Å². The summed E-state index contributed by atoms with van der Waals surface area (Å²) in [7, 11) is 0. The molecular formula is C42H36N2O5Pt2-2. The fourth-order valence-electron chi connectivity index (χ4n) is 5.44. The molecule has 2 N–H and O–H groups in total. The van der Waals surface area contributed by atoms with E-state index < -0.39 is 0 Å². The molecule has 0 fully saturated rings. The van der Waals surface area contributed by atoms with Crippen LogP contribution >= 0.6 is 0 Å². The molecule has 0 aliphatic heterocycles. The van der Waals surface area contributed by atoms with Crippen molar-refractivity contribution in [3.05, 3.63) is 132 Å². The van der Waals surface area contributed by atoms with Gasteiger partial charge in [0, 0.05) is 65.4 Å². The van der Waals surface area contributed by atoms with Crippen LogP contribution in [0.4, 0.5) is 0 Å². The number of pyridine rings is 2. The molecule has 0 saturated heterocycles. The number of hydrogen-bond acceptors (Lipinski definition) is 7. The number of nitrogens with zero attached hydrogens (tertiary/aromatic N) is 2. The molecule has 0 radical (unpaired) electrons. The Hall–Kier alpha value is -4.70. The van der Waals surface area contributed by atoms with E-state index in [-0.39, 0.29) is 65.2 Å². The Balaban J connectivity index is 0.000000376. The number of aliphatic hydroxyl groups excluding tert-OH is 2. The van der Waals surface area contributed by atoms with E-state index in [1.54, 1.807) is 0 Å². The maximum atomic E-state index is 10.0. The summed E-state index contributed by atoms with van der Waals surface area (Å²) < 4.78 is 6.54. The fourth-order valence-corrected chi connectivity index (χ4v) is 5.44. The minimum Gasteiger partial charge on any atom is -0.545 e. The predicted molar refractivity (Wildman–Crippen MR) is 196 cm³/mol. The summed E-state index contributed by atoms with van der Waals surface area (Å²) in [5.41, 5.74) is 9.31. The van der Waals surface area contributed by atoms with Gasteiger partial charge in [-0.15, -0.1) is 36.4 Å². The Morgan fingerprint density at radius 1 is 0.608 bits per heavy atom. The van der Waals surface area contributed by atoms with Crippen molar-refractivity contribution in [2.75, 3.05) is 0 Å². The van der Waals surface area contributed by atoms with Gasteiger partial charge in [0.05, 0.1) is 22.6 Å². The number of rotatable bonds is 4. The Kier molecular flexibility index (Phi) is 14.4. The maximum absolute atomic E-state index is 10.0. The van der Waals surface area contributed by atoms with E-state index in [2.05, 4.69) is 86.6 Å². The standard InChI is InChI=1S/C32H20N2O.2C5H8O2.2Pt/c1-19-9-13-27-21(17-19)11-15-29(33-27)25-7-3-5-23-24-6-4-8-26(32(24)35-31(23)25)30-16-12-22-18-20(2)10-14-28(22)34-30;2*1-4(6)3-5(2)7;;/h3-6,9-18H,1-2H3;2*3,6H,1-2H3;;/q-2;;;;/b;2*4-3-;;. The molecule has 7 aromatic rings. The van der Waals surface area contributed by atoms with Crippen LogP contribution in [0.15, 0.2) is 113 Å². The van der Waals surface area contributed by atoms with Crippen LogP contribution in [0.1, 0.15) is 38.8 Å². The quantitative estimate of drug-likeness (QED) is 0.103. The van der Waals surface area contributed by atoms with E-state index in [1.807, 2.05) is 24.3 Å². The molecule has 0 bridgehead atoms. The molecule has 51 heavy (non-hydrogen) atoms. The molecule has 0 spiro atoms.